The predicted molar refractivity (Wildman–Crippen MR) is 130 cm³/mol. The van der Waals surface area contributed by atoms with Crippen LogP contribution in [0.25, 0.3) is 5.69 Å². The Balaban J connectivity index is 1.62. The molecule has 0 unspecified atom stereocenters. The lowest BCUT2D eigenvalue weighted by Crippen LogP contribution is -2.37. The standard InChI is InChI=1S/C24H20Cl2N6O2/c1-14-4-3-5-15(2)21(14)28-24(34)22(19-11-8-17(25)12-20(19)26)29-23(33)16-6-9-18(10-7-16)32-13-27-30-31-32/h3-13,22H,1-2H3,(H,28,34)(H,29,33)/t22-/m1/s1. The van der Waals surface area contributed by atoms with Gasteiger partial charge in [-0.05, 0) is 71.8 Å². The number of rotatable bonds is 6. The first-order valence-electron chi connectivity index (χ1n) is 10.3. The third-order valence-electron chi connectivity index (χ3n) is 5.28. The number of anilines is 1. The molecule has 1 heterocycles. The van der Waals surface area contributed by atoms with E-state index in [0.29, 0.717) is 27.5 Å². The molecule has 0 aliphatic carbocycles. The van der Waals surface area contributed by atoms with Crippen molar-refractivity contribution >= 4 is 40.7 Å². The fourth-order valence-electron chi connectivity index (χ4n) is 3.49. The Hall–Kier alpha value is -3.75. The Morgan fingerprint density at radius 3 is 2.29 bits per heavy atom. The van der Waals surface area contributed by atoms with Crippen molar-refractivity contribution in [3.05, 3.63) is 99.3 Å². The van der Waals surface area contributed by atoms with E-state index in [-0.39, 0.29) is 5.02 Å². The summed E-state index contributed by atoms with van der Waals surface area (Å²) in [4.78, 5) is 26.5. The smallest absolute Gasteiger partial charge is 0.252 e. The van der Waals surface area contributed by atoms with E-state index in [1.165, 1.54) is 17.1 Å². The van der Waals surface area contributed by atoms with Gasteiger partial charge in [-0.1, -0.05) is 47.5 Å². The minimum atomic E-state index is -1.06. The van der Waals surface area contributed by atoms with Crippen molar-refractivity contribution in [1.82, 2.24) is 25.5 Å². The zero-order valence-corrected chi connectivity index (χ0v) is 19.8. The highest BCUT2D eigenvalue weighted by Crippen LogP contribution is 2.29. The second kappa shape index (κ2) is 10.0. The first-order chi connectivity index (χ1) is 16.3. The van der Waals surface area contributed by atoms with Crippen molar-refractivity contribution in [2.75, 3.05) is 5.32 Å². The molecule has 172 valence electrons. The van der Waals surface area contributed by atoms with E-state index in [9.17, 15) is 9.59 Å². The molecule has 34 heavy (non-hydrogen) atoms. The normalized spacial score (nSPS) is 11.6. The van der Waals surface area contributed by atoms with Crippen molar-refractivity contribution in [2.24, 2.45) is 0 Å². The van der Waals surface area contributed by atoms with Gasteiger partial charge < -0.3 is 10.6 Å². The number of carbonyl (C=O) groups is 2. The van der Waals surface area contributed by atoms with Crippen LogP contribution in [-0.2, 0) is 4.79 Å². The molecular formula is C24H20Cl2N6O2. The number of nitrogens with zero attached hydrogens (tertiary/aromatic N) is 4. The third kappa shape index (κ3) is 5.08. The lowest BCUT2D eigenvalue weighted by atomic mass is 10.0. The van der Waals surface area contributed by atoms with Crippen molar-refractivity contribution < 1.29 is 9.59 Å². The Bertz CT molecular complexity index is 1320. The number of halogens is 2. The summed E-state index contributed by atoms with van der Waals surface area (Å²) in [5.74, 6) is -0.878. The maximum Gasteiger partial charge on any atom is 0.252 e. The largest absolute Gasteiger partial charge is 0.336 e. The number of benzene rings is 3. The number of nitrogens with one attached hydrogen (secondary N) is 2. The first kappa shape index (κ1) is 23.4. The van der Waals surface area contributed by atoms with Gasteiger partial charge in [0, 0.05) is 26.9 Å². The number of hydrogen-bond donors (Lipinski definition) is 2. The van der Waals surface area contributed by atoms with Crippen LogP contribution in [0.1, 0.15) is 33.1 Å². The highest BCUT2D eigenvalue weighted by Gasteiger charge is 2.26. The van der Waals surface area contributed by atoms with Gasteiger partial charge in [0.25, 0.3) is 11.8 Å². The van der Waals surface area contributed by atoms with Gasteiger partial charge in [0.15, 0.2) is 0 Å². The fourth-order valence-corrected chi connectivity index (χ4v) is 4.00. The van der Waals surface area contributed by atoms with Gasteiger partial charge in [-0.15, -0.1) is 5.10 Å². The highest BCUT2D eigenvalue weighted by atomic mass is 35.5. The van der Waals surface area contributed by atoms with Crippen molar-refractivity contribution in [1.29, 1.82) is 0 Å². The molecule has 0 radical (unpaired) electrons. The van der Waals surface area contributed by atoms with Crippen molar-refractivity contribution in [3.63, 3.8) is 0 Å². The van der Waals surface area contributed by atoms with Gasteiger partial charge in [0.1, 0.15) is 12.4 Å². The monoisotopic (exact) mass is 494 g/mol. The van der Waals surface area contributed by atoms with Crippen LogP contribution in [0.3, 0.4) is 0 Å². The summed E-state index contributed by atoms with van der Waals surface area (Å²) in [6, 6.07) is 16.1. The predicted octanol–water partition coefficient (Wildman–Crippen LogP) is 4.70. The summed E-state index contributed by atoms with van der Waals surface area (Å²) in [7, 11) is 0. The van der Waals surface area contributed by atoms with Gasteiger partial charge in [-0.25, -0.2) is 4.68 Å². The van der Waals surface area contributed by atoms with Gasteiger partial charge in [-0.3, -0.25) is 9.59 Å². The molecule has 0 aliphatic rings. The van der Waals surface area contributed by atoms with Crippen LogP contribution in [0.15, 0.2) is 67.0 Å². The Morgan fingerprint density at radius 1 is 0.971 bits per heavy atom. The topological polar surface area (TPSA) is 102 Å². The average molecular weight is 495 g/mol. The van der Waals surface area contributed by atoms with Crippen molar-refractivity contribution in [3.8, 4) is 5.69 Å². The molecule has 8 nitrogen and oxygen atoms in total. The van der Waals surface area contributed by atoms with E-state index >= 15 is 0 Å². The highest BCUT2D eigenvalue weighted by molar-refractivity contribution is 6.35. The molecule has 10 heteroatoms. The maximum atomic E-state index is 13.4. The number of amides is 2. The van der Waals surface area contributed by atoms with Crippen LogP contribution in [0.4, 0.5) is 5.69 Å². The second-order valence-electron chi connectivity index (χ2n) is 7.63. The SMILES string of the molecule is Cc1cccc(C)c1NC(=O)[C@H](NC(=O)c1ccc(-n2cnnn2)cc1)c1ccc(Cl)cc1Cl. The molecule has 0 bridgehead atoms. The molecule has 0 fully saturated rings. The summed E-state index contributed by atoms with van der Waals surface area (Å²) in [5.41, 5.74) is 3.95. The van der Waals surface area contributed by atoms with Crippen LogP contribution in [0.5, 0.6) is 0 Å². The number of aryl methyl sites for hydroxylation is 2. The van der Waals surface area contributed by atoms with Gasteiger partial charge >= 0.3 is 0 Å². The molecule has 2 N–H and O–H groups in total. The van der Waals surface area contributed by atoms with E-state index in [0.717, 1.165) is 11.1 Å². The number of carbonyl (C=O) groups excluding carboxylic acids is 2. The van der Waals surface area contributed by atoms with E-state index in [2.05, 4.69) is 26.2 Å². The minimum absolute atomic E-state index is 0.267. The Kier molecular flexibility index (Phi) is 6.90. The average Bonchev–Trinajstić information content (AvgIpc) is 3.35. The van der Waals surface area contributed by atoms with Crippen LogP contribution in [-0.4, -0.2) is 32.0 Å². The van der Waals surface area contributed by atoms with Crippen LogP contribution in [0.2, 0.25) is 10.0 Å². The van der Waals surface area contributed by atoms with Crippen LogP contribution in [0, 0.1) is 13.8 Å². The summed E-state index contributed by atoms with van der Waals surface area (Å²) in [6.45, 7) is 3.80. The Morgan fingerprint density at radius 2 is 1.68 bits per heavy atom. The van der Waals surface area contributed by atoms with Gasteiger partial charge in [-0.2, -0.15) is 0 Å². The van der Waals surface area contributed by atoms with Crippen molar-refractivity contribution in [2.45, 2.75) is 19.9 Å². The lowest BCUT2D eigenvalue weighted by Gasteiger charge is -2.21. The van der Waals surface area contributed by atoms with E-state index < -0.39 is 17.9 Å². The lowest BCUT2D eigenvalue weighted by molar-refractivity contribution is -0.118. The van der Waals surface area contributed by atoms with Crippen LogP contribution >= 0.6 is 23.2 Å². The van der Waals surface area contributed by atoms with Crippen LogP contribution < -0.4 is 10.6 Å². The molecule has 0 aliphatic heterocycles. The van der Waals surface area contributed by atoms with E-state index in [1.807, 2.05) is 32.0 Å². The first-order valence-corrected chi connectivity index (χ1v) is 11.1. The molecule has 2 amide bonds. The van der Waals surface area contributed by atoms with Gasteiger partial charge in [0.05, 0.1) is 5.69 Å². The number of hydrogen-bond acceptors (Lipinski definition) is 5. The maximum absolute atomic E-state index is 13.4. The number of aromatic nitrogens is 4. The Labute approximate surface area is 205 Å². The minimum Gasteiger partial charge on any atom is -0.336 e. The second-order valence-corrected chi connectivity index (χ2v) is 8.47. The summed E-state index contributed by atoms with van der Waals surface area (Å²) in [5, 5.41) is 17.4. The molecule has 0 saturated heterocycles. The number of para-hydroxylation sites is 1. The zero-order valence-electron chi connectivity index (χ0n) is 18.3. The molecule has 4 aromatic rings. The zero-order chi connectivity index (χ0) is 24.2. The quantitative estimate of drug-likeness (QED) is 0.404. The molecule has 0 saturated carbocycles. The van der Waals surface area contributed by atoms with Gasteiger partial charge in [0.2, 0.25) is 0 Å². The summed E-state index contributed by atoms with van der Waals surface area (Å²) in [6.07, 6.45) is 1.45. The number of tetrazole rings is 1. The fraction of sp³-hybridized carbons (Fsp3) is 0.125. The van der Waals surface area contributed by atoms with E-state index in [1.54, 1.807) is 36.4 Å². The molecule has 4 rings (SSSR count). The summed E-state index contributed by atoms with van der Waals surface area (Å²) < 4.78 is 1.47. The molecule has 0 spiro atoms. The summed E-state index contributed by atoms with van der Waals surface area (Å²) >= 11 is 12.4. The third-order valence-corrected chi connectivity index (χ3v) is 5.85. The van der Waals surface area contributed by atoms with E-state index in [4.69, 9.17) is 23.2 Å². The molecule has 3 aromatic carbocycles. The molecule has 1 atom stereocenters. The molecule has 1 aromatic heterocycles. The molecular weight excluding hydrogens is 475 g/mol.